The fourth-order valence-electron chi connectivity index (χ4n) is 1.20. The second-order valence-electron chi connectivity index (χ2n) is 3.17. The number of rotatable bonds is 3. The molecule has 1 aromatic rings. The summed E-state index contributed by atoms with van der Waals surface area (Å²) in [6.45, 7) is 1.88. The smallest absolute Gasteiger partial charge is 0.0730 e. The van der Waals surface area contributed by atoms with Gasteiger partial charge in [-0.15, -0.1) is 12.4 Å². The largest absolute Gasteiger partial charge is 0.391 e. The fraction of sp³-hybridized carbons (Fsp3) is 0.400. The molecule has 0 saturated heterocycles. The Morgan fingerprint density at radius 2 is 1.93 bits per heavy atom. The third-order valence-corrected chi connectivity index (χ3v) is 2.90. The van der Waals surface area contributed by atoms with Gasteiger partial charge >= 0.3 is 0 Å². The van der Waals surface area contributed by atoms with Crippen LogP contribution in [0.15, 0.2) is 18.2 Å². The lowest BCUT2D eigenvalue weighted by molar-refractivity contribution is 0.141. The Morgan fingerprint density at radius 1 is 1.33 bits per heavy atom. The number of hydrogen-bond acceptors (Lipinski definition) is 2. The highest BCUT2D eigenvalue weighted by atomic mass is 35.5. The van der Waals surface area contributed by atoms with Crippen LogP contribution in [-0.2, 0) is 0 Å². The number of aliphatic hydroxyl groups is 1. The quantitative estimate of drug-likeness (QED) is 0.886. The molecule has 0 aliphatic rings. The zero-order chi connectivity index (χ0) is 10.7. The Kier molecular flexibility index (Phi) is 6.57. The molecule has 0 spiro atoms. The Morgan fingerprint density at radius 3 is 2.40 bits per heavy atom. The van der Waals surface area contributed by atoms with Gasteiger partial charge in [-0.3, -0.25) is 0 Å². The fourth-order valence-corrected chi connectivity index (χ4v) is 1.50. The van der Waals surface area contributed by atoms with E-state index in [2.05, 4.69) is 0 Å². The molecule has 15 heavy (non-hydrogen) atoms. The van der Waals surface area contributed by atoms with Gasteiger partial charge in [-0.05, 0) is 24.1 Å². The molecule has 0 radical (unpaired) electrons. The minimum Gasteiger partial charge on any atom is -0.391 e. The van der Waals surface area contributed by atoms with Gasteiger partial charge in [0.05, 0.1) is 22.2 Å². The highest BCUT2D eigenvalue weighted by Gasteiger charge is 2.15. The Labute approximate surface area is 106 Å². The molecular weight excluding hydrogens is 256 g/mol. The maximum atomic E-state index is 9.54. The Hall–Kier alpha value is 0.01000. The van der Waals surface area contributed by atoms with Gasteiger partial charge in [0.15, 0.2) is 0 Å². The van der Waals surface area contributed by atoms with Crippen molar-refractivity contribution in [2.75, 3.05) is 0 Å². The first-order valence-electron chi connectivity index (χ1n) is 4.44. The molecule has 5 heteroatoms. The van der Waals surface area contributed by atoms with Crippen LogP contribution in [0.2, 0.25) is 10.0 Å². The van der Waals surface area contributed by atoms with E-state index in [1.807, 2.05) is 6.92 Å². The summed E-state index contributed by atoms with van der Waals surface area (Å²) in [6.07, 6.45) is 0.0637. The van der Waals surface area contributed by atoms with E-state index >= 15 is 0 Å². The van der Waals surface area contributed by atoms with Crippen molar-refractivity contribution in [2.45, 2.75) is 25.5 Å². The second-order valence-corrected chi connectivity index (χ2v) is 3.99. The monoisotopic (exact) mass is 269 g/mol. The lowest BCUT2D eigenvalue weighted by Crippen LogP contribution is -2.25. The summed E-state index contributed by atoms with van der Waals surface area (Å²) in [5, 5.41) is 10.5. The summed E-state index contributed by atoms with van der Waals surface area (Å²) in [4.78, 5) is 0. The van der Waals surface area contributed by atoms with Gasteiger partial charge in [0.2, 0.25) is 0 Å². The molecule has 0 amide bonds. The van der Waals surface area contributed by atoms with E-state index in [1.165, 1.54) is 0 Å². The zero-order valence-corrected chi connectivity index (χ0v) is 10.6. The predicted molar refractivity (Wildman–Crippen MR) is 66.9 cm³/mol. The molecule has 2 atom stereocenters. The van der Waals surface area contributed by atoms with Crippen molar-refractivity contribution in [3.05, 3.63) is 33.8 Å². The van der Waals surface area contributed by atoms with Crippen LogP contribution in [0.4, 0.5) is 0 Å². The first-order valence-corrected chi connectivity index (χ1v) is 5.20. The summed E-state index contributed by atoms with van der Waals surface area (Å²) < 4.78 is 0. The van der Waals surface area contributed by atoms with Crippen LogP contribution in [0, 0.1) is 0 Å². The molecule has 0 aliphatic carbocycles. The van der Waals surface area contributed by atoms with Crippen molar-refractivity contribution in [3.8, 4) is 0 Å². The van der Waals surface area contributed by atoms with Gasteiger partial charge in [-0.1, -0.05) is 36.2 Å². The summed E-state index contributed by atoms with van der Waals surface area (Å²) in [7, 11) is 0. The average Bonchev–Trinajstić information content (AvgIpc) is 2.20. The molecule has 0 unspecified atom stereocenters. The van der Waals surface area contributed by atoms with Crippen LogP contribution in [0.1, 0.15) is 24.9 Å². The molecule has 1 aromatic carbocycles. The van der Waals surface area contributed by atoms with Crippen molar-refractivity contribution >= 4 is 35.6 Å². The van der Waals surface area contributed by atoms with Gasteiger partial charge in [0.1, 0.15) is 0 Å². The number of halogens is 3. The molecule has 2 nitrogen and oxygen atoms in total. The normalized spacial score (nSPS) is 14.2. The van der Waals surface area contributed by atoms with Crippen LogP contribution < -0.4 is 5.73 Å². The molecule has 86 valence electrons. The van der Waals surface area contributed by atoms with Crippen molar-refractivity contribution < 1.29 is 5.11 Å². The summed E-state index contributed by atoms with van der Waals surface area (Å²) >= 11 is 11.6. The second kappa shape index (κ2) is 6.56. The molecule has 3 N–H and O–H groups in total. The first-order chi connectivity index (χ1) is 6.56. The average molecular weight is 271 g/mol. The van der Waals surface area contributed by atoms with E-state index in [0.29, 0.717) is 16.5 Å². The van der Waals surface area contributed by atoms with Crippen LogP contribution in [-0.4, -0.2) is 11.2 Å². The van der Waals surface area contributed by atoms with E-state index in [9.17, 15) is 5.11 Å². The summed E-state index contributed by atoms with van der Waals surface area (Å²) in [6, 6.07) is 4.74. The molecule has 0 aromatic heterocycles. The molecule has 0 saturated carbocycles. The summed E-state index contributed by atoms with van der Waals surface area (Å²) in [5.74, 6) is 0. The Bertz CT molecular complexity index is 320. The standard InChI is InChI=1S/C10H13Cl2NO.ClH/c1-2-9(14)10(13)6-3-4-7(11)8(12)5-6;/h3-5,9-10,14H,2,13H2,1H3;1H/t9-,10+;/m1./s1. The maximum absolute atomic E-state index is 9.54. The van der Waals surface area contributed by atoms with E-state index in [1.54, 1.807) is 18.2 Å². The van der Waals surface area contributed by atoms with E-state index in [4.69, 9.17) is 28.9 Å². The van der Waals surface area contributed by atoms with Gasteiger partial charge in [-0.2, -0.15) is 0 Å². The predicted octanol–water partition coefficient (Wildman–Crippen LogP) is 3.19. The van der Waals surface area contributed by atoms with Gasteiger partial charge in [0.25, 0.3) is 0 Å². The number of hydrogen-bond donors (Lipinski definition) is 2. The van der Waals surface area contributed by atoms with Gasteiger partial charge in [0, 0.05) is 0 Å². The van der Waals surface area contributed by atoms with E-state index < -0.39 is 12.1 Å². The summed E-state index contributed by atoms with van der Waals surface area (Å²) in [5.41, 5.74) is 6.62. The van der Waals surface area contributed by atoms with Crippen molar-refractivity contribution in [2.24, 2.45) is 5.73 Å². The highest BCUT2D eigenvalue weighted by molar-refractivity contribution is 6.42. The SMILES string of the molecule is CC[C@@H](O)[C@@H](N)c1ccc(Cl)c(Cl)c1.Cl. The lowest BCUT2D eigenvalue weighted by atomic mass is 10.0. The maximum Gasteiger partial charge on any atom is 0.0730 e. The number of nitrogens with two attached hydrogens (primary N) is 1. The van der Waals surface area contributed by atoms with Gasteiger partial charge in [-0.25, -0.2) is 0 Å². The molecule has 0 bridgehead atoms. The highest BCUT2D eigenvalue weighted by Crippen LogP contribution is 2.26. The molecule has 0 fully saturated rings. The van der Waals surface area contributed by atoms with E-state index in [0.717, 1.165) is 5.56 Å². The Balaban J connectivity index is 0.00000196. The molecule has 0 heterocycles. The van der Waals surface area contributed by atoms with E-state index in [-0.39, 0.29) is 12.4 Å². The van der Waals surface area contributed by atoms with Crippen molar-refractivity contribution in [1.82, 2.24) is 0 Å². The zero-order valence-electron chi connectivity index (χ0n) is 8.28. The number of aliphatic hydroxyl groups excluding tert-OH is 1. The first kappa shape index (κ1) is 15.0. The third-order valence-electron chi connectivity index (χ3n) is 2.16. The molecule has 1 rings (SSSR count). The van der Waals surface area contributed by atoms with Crippen molar-refractivity contribution in [1.29, 1.82) is 0 Å². The van der Waals surface area contributed by atoms with Gasteiger partial charge < -0.3 is 10.8 Å². The van der Waals surface area contributed by atoms with Crippen LogP contribution in [0.3, 0.4) is 0 Å². The van der Waals surface area contributed by atoms with Crippen LogP contribution in [0.25, 0.3) is 0 Å². The third kappa shape index (κ3) is 3.82. The minimum atomic E-state index is -0.549. The number of benzene rings is 1. The minimum absolute atomic E-state index is 0. The van der Waals surface area contributed by atoms with Crippen LogP contribution in [0.5, 0.6) is 0 Å². The van der Waals surface area contributed by atoms with Crippen LogP contribution >= 0.6 is 35.6 Å². The molecule has 0 aliphatic heterocycles. The molecular formula is C10H14Cl3NO. The topological polar surface area (TPSA) is 46.2 Å². The van der Waals surface area contributed by atoms with Crippen molar-refractivity contribution in [3.63, 3.8) is 0 Å². The lowest BCUT2D eigenvalue weighted by Gasteiger charge is -2.17.